The summed E-state index contributed by atoms with van der Waals surface area (Å²) in [6.45, 7) is 10.7. The number of aliphatic hydroxyl groups excluding tert-OH is 6. The summed E-state index contributed by atoms with van der Waals surface area (Å²) < 4.78 is 22.5. The molecule has 0 radical (unpaired) electrons. The van der Waals surface area contributed by atoms with Crippen LogP contribution in [0.25, 0.3) is 0 Å². The number of ether oxygens (including phenoxy) is 4. The van der Waals surface area contributed by atoms with Crippen molar-refractivity contribution < 1.29 is 49.6 Å². The Kier molecular flexibility index (Phi) is 9.80. The molecule has 0 bridgehead atoms. The molecule has 0 aromatic heterocycles. The average molecular weight is 463 g/mol. The van der Waals surface area contributed by atoms with Crippen LogP contribution < -0.4 is 0 Å². The monoisotopic (exact) mass is 462 g/mol. The van der Waals surface area contributed by atoms with Gasteiger partial charge in [-0.25, -0.2) is 0 Å². The first-order valence-electron chi connectivity index (χ1n) is 10.9. The largest absolute Gasteiger partial charge is 0.388 e. The van der Waals surface area contributed by atoms with E-state index in [1.165, 1.54) is 6.92 Å². The molecule has 2 rings (SSSR count). The number of hydrogen-bond acceptors (Lipinski definition) is 10. The van der Waals surface area contributed by atoms with Gasteiger partial charge in [0.15, 0.2) is 12.6 Å². The van der Waals surface area contributed by atoms with Crippen LogP contribution in [0.4, 0.5) is 0 Å². The van der Waals surface area contributed by atoms with Gasteiger partial charge in [0.2, 0.25) is 0 Å². The van der Waals surface area contributed by atoms with Crippen LogP contribution in [-0.2, 0) is 18.9 Å². The van der Waals surface area contributed by atoms with E-state index in [9.17, 15) is 30.6 Å². The summed E-state index contributed by atoms with van der Waals surface area (Å²) in [4.78, 5) is 0. The van der Waals surface area contributed by atoms with Gasteiger partial charge in [-0.2, -0.15) is 0 Å². The Morgan fingerprint density at radius 2 is 1.50 bits per heavy atom. The van der Waals surface area contributed by atoms with E-state index in [1.807, 2.05) is 19.9 Å². The van der Waals surface area contributed by atoms with Gasteiger partial charge in [0.1, 0.15) is 42.7 Å². The van der Waals surface area contributed by atoms with E-state index in [0.717, 1.165) is 5.57 Å². The molecule has 10 nitrogen and oxygen atoms in total. The third-order valence-corrected chi connectivity index (χ3v) is 5.91. The minimum absolute atomic E-state index is 0.343. The molecule has 0 aromatic rings. The zero-order valence-electron chi connectivity index (χ0n) is 19.1. The molecule has 0 saturated carbocycles. The van der Waals surface area contributed by atoms with E-state index in [2.05, 4.69) is 6.58 Å². The maximum absolute atomic E-state index is 10.4. The molecule has 0 aromatic carbocycles. The van der Waals surface area contributed by atoms with Crippen molar-refractivity contribution in [3.63, 3.8) is 0 Å². The van der Waals surface area contributed by atoms with Crippen molar-refractivity contribution in [3.8, 4) is 0 Å². The Morgan fingerprint density at radius 3 is 2.09 bits per heavy atom. The fourth-order valence-corrected chi connectivity index (χ4v) is 3.61. The fourth-order valence-electron chi connectivity index (χ4n) is 3.61. The molecule has 0 amide bonds. The molecule has 0 aliphatic carbocycles. The standard InChI is InChI=1S/C22H38O10/c1-6-22(5,9-7-8-11(2)3)32-21-19(28)17(26)15(24)13(31-21)10-29-20-18(27)16(25)14(23)12(4)30-20/h6,8,12-21,23-28H,1,7,9-10H2,2-5H3/t12-,13+,14+,15+,16+,17-,18-,19+,20-,21-,22+/m0/s1. The van der Waals surface area contributed by atoms with E-state index in [0.29, 0.717) is 12.8 Å². The van der Waals surface area contributed by atoms with Crippen molar-refractivity contribution in [2.75, 3.05) is 6.61 Å². The first kappa shape index (κ1) is 27.3. The highest BCUT2D eigenvalue weighted by Gasteiger charge is 2.48. The third kappa shape index (κ3) is 6.57. The van der Waals surface area contributed by atoms with E-state index in [1.54, 1.807) is 13.0 Å². The molecule has 0 spiro atoms. The molecule has 2 saturated heterocycles. The lowest BCUT2D eigenvalue weighted by atomic mass is 9.96. The second-order valence-electron chi connectivity index (χ2n) is 8.98. The molecule has 6 N–H and O–H groups in total. The van der Waals surface area contributed by atoms with Crippen molar-refractivity contribution in [1.82, 2.24) is 0 Å². The number of allylic oxidation sites excluding steroid dienone is 2. The Bertz CT molecular complexity index is 638. The lowest BCUT2D eigenvalue weighted by Gasteiger charge is -2.44. The Balaban J connectivity index is 2.03. The van der Waals surface area contributed by atoms with Gasteiger partial charge >= 0.3 is 0 Å². The Hall–Kier alpha value is -0.920. The predicted octanol–water partition coefficient (Wildman–Crippen LogP) is -0.654. The van der Waals surface area contributed by atoms with Crippen LogP contribution >= 0.6 is 0 Å². The van der Waals surface area contributed by atoms with Gasteiger partial charge in [-0.05, 0) is 40.5 Å². The minimum atomic E-state index is -1.57. The summed E-state index contributed by atoms with van der Waals surface area (Å²) in [7, 11) is 0. The van der Waals surface area contributed by atoms with Gasteiger partial charge in [-0.3, -0.25) is 0 Å². The lowest BCUT2D eigenvalue weighted by molar-refractivity contribution is -0.338. The van der Waals surface area contributed by atoms with Crippen LogP contribution in [0.15, 0.2) is 24.3 Å². The van der Waals surface area contributed by atoms with Gasteiger partial charge in [0, 0.05) is 0 Å². The molecule has 2 aliphatic rings. The van der Waals surface area contributed by atoms with Gasteiger partial charge in [-0.1, -0.05) is 17.7 Å². The molecule has 2 aliphatic heterocycles. The van der Waals surface area contributed by atoms with E-state index < -0.39 is 67.0 Å². The number of rotatable bonds is 9. The highest BCUT2D eigenvalue weighted by molar-refractivity contribution is 5.00. The smallest absolute Gasteiger partial charge is 0.187 e. The zero-order valence-corrected chi connectivity index (χ0v) is 19.1. The molecular formula is C22H38O10. The van der Waals surface area contributed by atoms with Gasteiger partial charge < -0.3 is 49.6 Å². The molecule has 10 heteroatoms. The van der Waals surface area contributed by atoms with Crippen LogP contribution in [0.1, 0.15) is 40.5 Å². The second-order valence-corrected chi connectivity index (χ2v) is 8.98. The summed E-state index contributed by atoms with van der Waals surface area (Å²) in [5.74, 6) is 0. The van der Waals surface area contributed by atoms with Crippen LogP contribution in [0, 0.1) is 0 Å². The minimum Gasteiger partial charge on any atom is -0.388 e. The number of hydrogen-bond donors (Lipinski definition) is 6. The van der Waals surface area contributed by atoms with Crippen molar-refractivity contribution in [1.29, 1.82) is 0 Å². The van der Waals surface area contributed by atoms with E-state index >= 15 is 0 Å². The maximum Gasteiger partial charge on any atom is 0.187 e. The van der Waals surface area contributed by atoms with E-state index in [-0.39, 0.29) is 6.61 Å². The quantitative estimate of drug-likeness (QED) is 0.243. The molecule has 186 valence electrons. The lowest BCUT2D eigenvalue weighted by Crippen LogP contribution is -2.61. The topological polar surface area (TPSA) is 158 Å². The van der Waals surface area contributed by atoms with Crippen molar-refractivity contribution in [2.45, 2.75) is 108 Å². The molecular weight excluding hydrogens is 424 g/mol. The summed E-state index contributed by atoms with van der Waals surface area (Å²) in [5, 5.41) is 60.8. The fraction of sp³-hybridized carbons (Fsp3) is 0.818. The average Bonchev–Trinajstić information content (AvgIpc) is 2.74. The van der Waals surface area contributed by atoms with Gasteiger partial charge in [-0.15, -0.1) is 6.58 Å². The van der Waals surface area contributed by atoms with Gasteiger partial charge in [0.05, 0.1) is 18.3 Å². The first-order valence-corrected chi connectivity index (χ1v) is 10.9. The predicted molar refractivity (Wildman–Crippen MR) is 113 cm³/mol. The molecule has 2 heterocycles. The molecule has 32 heavy (non-hydrogen) atoms. The molecule has 0 unspecified atom stereocenters. The maximum atomic E-state index is 10.4. The summed E-state index contributed by atoms with van der Waals surface area (Å²) in [6, 6.07) is 0. The highest BCUT2D eigenvalue weighted by Crippen LogP contribution is 2.30. The normalized spacial score (nSPS) is 42.2. The Morgan fingerprint density at radius 1 is 0.906 bits per heavy atom. The SMILES string of the molecule is C=C[C@](C)(CCC=C(C)C)O[C@@H]1O[C@H](CO[C@H]2O[C@@H](C)[C@@H](O)[C@@H](O)[C@@H]2O)[C@@H](O)[C@H](O)[C@H]1O. The zero-order chi connectivity index (χ0) is 24.2. The summed E-state index contributed by atoms with van der Waals surface area (Å²) in [6.07, 6.45) is -8.47. The Labute approximate surface area is 188 Å². The number of aliphatic hydroxyl groups is 6. The van der Waals surface area contributed by atoms with Gasteiger partial charge in [0.25, 0.3) is 0 Å². The van der Waals surface area contributed by atoms with Crippen LogP contribution in [0.5, 0.6) is 0 Å². The summed E-state index contributed by atoms with van der Waals surface area (Å²) in [5.41, 5.74) is 0.281. The molecule has 2 fully saturated rings. The van der Waals surface area contributed by atoms with Crippen LogP contribution in [0.3, 0.4) is 0 Å². The van der Waals surface area contributed by atoms with Crippen molar-refractivity contribution >= 4 is 0 Å². The molecule has 11 atom stereocenters. The van der Waals surface area contributed by atoms with Crippen molar-refractivity contribution in [2.24, 2.45) is 0 Å². The first-order chi connectivity index (χ1) is 14.9. The van der Waals surface area contributed by atoms with Crippen LogP contribution in [-0.4, -0.2) is 104 Å². The third-order valence-electron chi connectivity index (χ3n) is 5.91. The second kappa shape index (κ2) is 11.5. The van der Waals surface area contributed by atoms with E-state index in [4.69, 9.17) is 18.9 Å². The van der Waals surface area contributed by atoms with Crippen molar-refractivity contribution in [3.05, 3.63) is 24.3 Å². The summed E-state index contributed by atoms with van der Waals surface area (Å²) >= 11 is 0. The highest BCUT2D eigenvalue weighted by atomic mass is 16.7. The van der Waals surface area contributed by atoms with Crippen LogP contribution in [0.2, 0.25) is 0 Å².